The Morgan fingerprint density at radius 1 is 0.875 bits per heavy atom. The highest BCUT2D eigenvalue weighted by molar-refractivity contribution is 5.85. The van der Waals surface area contributed by atoms with Crippen molar-refractivity contribution >= 4 is 5.78 Å². The Hall–Kier alpha value is -1.01. The van der Waals surface area contributed by atoms with E-state index in [1.54, 1.807) is 0 Å². The summed E-state index contributed by atoms with van der Waals surface area (Å²) in [6, 6.07) is -2.85. The average Bonchev–Trinajstić information content (AvgIpc) is 2.95. The van der Waals surface area contributed by atoms with E-state index in [0.717, 1.165) is 4.90 Å². The highest BCUT2D eigenvalue weighted by Crippen LogP contribution is 2.33. The second kappa shape index (κ2) is 14.9. The molecular weight excluding hydrogens is 550 g/mol. The number of ketones is 1. The van der Waals surface area contributed by atoms with Gasteiger partial charge in [-0.2, -0.15) is 0 Å². The Bertz CT molecular complexity index is 788. The Balaban J connectivity index is 2.33. The molecule has 0 aromatic carbocycles. The first-order valence-corrected chi connectivity index (χ1v) is 12.5. The fraction of sp³-hybridized carbons (Fsp3) is 0.955. The van der Waals surface area contributed by atoms with E-state index in [-0.39, 0.29) is 0 Å². The quantitative estimate of drug-likeness (QED) is 0.0891. The van der Waals surface area contributed by atoms with Gasteiger partial charge in [-0.25, -0.2) is 0 Å². The van der Waals surface area contributed by atoms with Crippen LogP contribution in [0.1, 0.15) is 6.42 Å². The molecular formula is C22H41NO17. The summed E-state index contributed by atoms with van der Waals surface area (Å²) >= 11 is 0. The van der Waals surface area contributed by atoms with Crippen LogP contribution in [0.25, 0.3) is 0 Å². The number of ether oxygens (including phenoxy) is 2. The van der Waals surface area contributed by atoms with E-state index < -0.39 is 137 Å². The molecule has 1 aliphatic heterocycles. The monoisotopic (exact) mass is 591 g/mol. The summed E-state index contributed by atoms with van der Waals surface area (Å²) < 4.78 is 10.4. The predicted octanol–water partition coefficient (Wildman–Crippen LogP) is -9.31. The standard InChI is InChI=1S/C22H41NO17/c24-3-8(4-25)23(9-1-22(38,7-28)20(37)17(35)13(9)31)2-10(29)14(32)19(11(30)5-26)40-21-18(36)16(34)15(33)12(6-27)39-21/h8-9,11-21,24-28,30-38H,1-7H2/t9-,11-,12-,13-,14-,15+,16+,17+,18-,19-,20-,21+,22-/m1/s1. The first-order valence-electron chi connectivity index (χ1n) is 12.5. The van der Waals surface area contributed by atoms with Crippen molar-refractivity contribution in [3.8, 4) is 0 Å². The Kier molecular flexibility index (Phi) is 13.1. The molecule has 1 saturated heterocycles. The SMILES string of the molecule is O=C(CN(C(CO)CO)[C@@H]1C[C@@](O)(CO)[C@H](O)[C@@H](O)[C@@H]1O)[C@@H](O)[C@H](O[C@@H]1O[C@H](CO)[C@H](O)[C@H](O)[C@H]1O)[C@H](O)CO. The van der Waals surface area contributed by atoms with Gasteiger partial charge in [-0.1, -0.05) is 0 Å². The molecule has 14 N–H and O–H groups in total. The molecule has 2 fully saturated rings. The maximum absolute atomic E-state index is 13.2. The molecule has 236 valence electrons. The van der Waals surface area contributed by atoms with Crippen LogP contribution < -0.4 is 0 Å². The lowest BCUT2D eigenvalue weighted by atomic mass is 9.75. The van der Waals surface area contributed by atoms with Gasteiger partial charge >= 0.3 is 0 Å². The summed E-state index contributed by atoms with van der Waals surface area (Å²) in [5.41, 5.74) is -2.37. The zero-order chi connectivity index (χ0) is 30.5. The lowest BCUT2D eigenvalue weighted by Crippen LogP contribution is -2.69. The molecule has 0 aromatic rings. The zero-order valence-electron chi connectivity index (χ0n) is 21.4. The molecule has 18 nitrogen and oxygen atoms in total. The molecule has 1 aliphatic carbocycles. The molecule has 0 spiro atoms. The van der Waals surface area contributed by atoms with Gasteiger partial charge in [0.15, 0.2) is 12.1 Å². The number of rotatable bonds is 14. The van der Waals surface area contributed by atoms with Gasteiger partial charge in [0.1, 0.15) is 60.5 Å². The largest absolute Gasteiger partial charge is 0.395 e. The molecule has 18 heteroatoms. The fourth-order valence-electron chi connectivity index (χ4n) is 4.86. The van der Waals surface area contributed by atoms with Crippen molar-refractivity contribution in [2.75, 3.05) is 39.6 Å². The highest BCUT2D eigenvalue weighted by atomic mass is 16.7. The van der Waals surface area contributed by atoms with Gasteiger partial charge in [-0.3, -0.25) is 9.69 Å². The van der Waals surface area contributed by atoms with Crippen molar-refractivity contribution in [1.29, 1.82) is 0 Å². The maximum Gasteiger partial charge on any atom is 0.187 e. The van der Waals surface area contributed by atoms with Gasteiger partial charge < -0.3 is 81.0 Å². The van der Waals surface area contributed by atoms with Gasteiger partial charge in [0.05, 0.1) is 51.7 Å². The zero-order valence-corrected chi connectivity index (χ0v) is 21.4. The molecule has 0 unspecified atom stereocenters. The van der Waals surface area contributed by atoms with Crippen LogP contribution in [0.5, 0.6) is 0 Å². The van der Waals surface area contributed by atoms with Crippen molar-refractivity contribution in [3.63, 3.8) is 0 Å². The third kappa shape index (κ3) is 7.30. The van der Waals surface area contributed by atoms with Crippen LogP contribution in [0.15, 0.2) is 0 Å². The third-order valence-corrected chi connectivity index (χ3v) is 7.46. The molecule has 0 radical (unpaired) electrons. The number of aliphatic hydroxyl groups excluding tert-OH is 13. The molecule has 1 heterocycles. The van der Waals surface area contributed by atoms with E-state index in [4.69, 9.17) is 9.47 Å². The van der Waals surface area contributed by atoms with Crippen molar-refractivity contribution in [2.24, 2.45) is 0 Å². The third-order valence-electron chi connectivity index (χ3n) is 7.46. The Morgan fingerprint density at radius 3 is 1.98 bits per heavy atom. The molecule has 0 amide bonds. The first kappa shape index (κ1) is 35.2. The summed E-state index contributed by atoms with van der Waals surface area (Å²) in [5.74, 6) is -1.24. The van der Waals surface area contributed by atoms with Crippen LogP contribution in [0.4, 0.5) is 0 Å². The smallest absolute Gasteiger partial charge is 0.187 e. The second-order valence-corrected chi connectivity index (χ2v) is 10.1. The van der Waals surface area contributed by atoms with Gasteiger partial charge in [-0.05, 0) is 6.42 Å². The summed E-state index contributed by atoms with van der Waals surface area (Å²) in [6.45, 7) is -5.68. The van der Waals surface area contributed by atoms with Gasteiger partial charge in [-0.15, -0.1) is 0 Å². The number of carbonyl (C=O) groups excluding carboxylic acids is 1. The van der Waals surface area contributed by atoms with Crippen molar-refractivity contribution in [1.82, 2.24) is 4.90 Å². The molecule has 1 saturated carbocycles. The second-order valence-electron chi connectivity index (χ2n) is 10.1. The van der Waals surface area contributed by atoms with Crippen LogP contribution >= 0.6 is 0 Å². The fourth-order valence-corrected chi connectivity index (χ4v) is 4.86. The predicted molar refractivity (Wildman–Crippen MR) is 126 cm³/mol. The maximum atomic E-state index is 13.2. The summed E-state index contributed by atoms with van der Waals surface area (Å²) in [6.07, 6.45) is -22.1. The minimum Gasteiger partial charge on any atom is -0.395 e. The summed E-state index contributed by atoms with van der Waals surface area (Å²) in [4.78, 5) is 14.1. The van der Waals surface area contributed by atoms with E-state index in [2.05, 4.69) is 0 Å². The average molecular weight is 592 g/mol. The lowest BCUT2D eigenvalue weighted by Gasteiger charge is -2.50. The van der Waals surface area contributed by atoms with Crippen LogP contribution in [-0.2, 0) is 14.3 Å². The molecule has 2 rings (SSSR count). The van der Waals surface area contributed by atoms with Gasteiger partial charge in [0.25, 0.3) is 0 Å². The minimum atomic E-state index is -2.37. The van der Waals surface area contributed by atoms with E-state index in [1.807, 2.05) is 0 Å². The van der Waals surface area contributed by atoms with E-state index in [0.29, 0.717) is 0 Å². The number of aliphatic hydroxyl groups is 14. The van der Waals surface area contributed by atoms with E-state index in [9.17, 15) is 76.3 Å². The molecule has 13 atom stereocenters. The number of hydrogen-bond acceptors (Lipinski definition) is 18. The minimum absolute atomic E-state index is 0.674. The lowest BCUT2D eigenvalue weighted by molar-refractivity contribution is -0.323. The number of carbonyl (C=O) groups is 1. The van der Waals surface area contributed by atoms with E-state index >= 15 is 0 Å². The van der Waals surface area contributed by atoms with Crippen LogP contribution in [-0.4, -0.2) is 207 Å². The van der Waals surface area contributed by atoms with E-state index in [1.165, 1.54) is 0 Å². The molecule has 40 heavy (non-hydrogen) atoms. The Labute approximate surface area is 228 Å². The van der Waals surface area contributed by atoms with Gasteiger partial charge in [0, 0.05) is 6.04 Å². The summed E-state index contributed by atoms with van der Waals surface area (Å²) in [5, 5.41) is 141. The normalized spacial score (nSPS) is 39.4. The molecule has 2 aliphatic rings. The first-order chi connectivity index (χ1) is 18.7. The van der Waals surface area contributed by atoms with Gasteiger partial charge in [0.2, 0.25) is 0 Å². The highest BCUT2D eigenvalue weighted by Gasteiger charge is 2.54. The number of hydrogen-bond donors (Lipinski definition) is 14. The van der Waals surface area contributed by atoms with Crippen LogP contribution in [0.2, 0.25) is 0 Å². The van der Waals surface area contributed by atoms with Crippen molar-refractivity contribution < 1.29 is 85.8 Å². The number of nitrogens with zero attached hydrogens (tertiary/aromatic N) is 1. The Morgan fingerprint density at radius 2 is 1.48 bits per heavy atom. The summed E-state index contributed by atoms with van der Waals surface area (Å²) in [7, 11) is 0. The van der Waals surface area contributed by atoms with Crippen molar-refractivity contribution in [3.05, 3.63) is 0 Å². The topological polar surface area (TPSA) is 322 Å². The molecule has 0 bridgehead atoms. The number of Topliss-reactive ketones (excluding diaryl/α,β-unsaturated/α-hetero) is 1. The van der Waals surface area contributed by atoms with Crippen LogP contribution in [0.3, 0.4) is 0 Å². The van der Waals surface area contributed by atoms with Crippen molar-refractivity contribution in [2.45, 2.75) is 91.4 Å². The molecule has 0 aromatic heterocycles. The van der Waals surface area contributed by atoms with Crippen LogP contribution in [0, 0.1) is 0 Å².